The largest absolute Gasteiger partial charge is 0.417 e. The van der Waals surface area contributed by atoms with E-state index in [1.54, 1.807) is 6.92 Å². The fraction of sp³-hybridized carbons (Fsp3) is 0.500. The summed E-state index contributed by atoms with van der Waals surface area (Å²) in [7, 11) is -2.58. The summed E-state index contributed by atoms with van der Waals surface area (Å²) < 4.78 is 68.2. The maximum atomic E-state index is 13.0. The number of hydrogen-bond donors (Lipinski definition) is 1. The molecule has 1 N–H and O–H groups in total. The van der Waals surface area contributed by atoms with Crippen molar-refractivity contribution in [1.82, 2.24) is 5.32 Å². The Hall–Kier alpha value is -1.52. The third-order valence-electron chi connectivity index (χ3n) is 3.05. The van der Waals surface area contributed by atoms with Gasteiger partial charge < -0.3 is 10.1 Å². The summed E-state index contributed by atoms with van der Waals surface area (Å²) in [5, 5.41) is 1.92. The molecule has 0 unspecified atom stereocenters. The molecule has 1 atom stereocenters. The van der Waals surface area contributed by atoms with Crippen molar-refractivity contribution in [3.05, 3.63) is 28.8 Å². The van der Waals surface area contributed by atoms with Gasteiger partial charge in [-0.1, -0.05) is 11.6 Å². The zero-order valence-corrected chi connectivity index (χ0v) is 15.3. The van der Waals surface area contributed by atoms with E-state index in [1.165, 1.54) is 7.11 Å². The van der Waals surface area contributed by atoms with Gasteiger partial charge in [0, 0.05) is 13.2 Å². The van der Waals surface area contributed by atoms with Crippen molar-refractivity contribution in [3.63, 3.8) is 0 Å². The van der Waals surface area contributed by atoms with Gasteiger partial charge in [-0.3, -0.25) is 9.10 Å². The molecule has 0 aromatic heterocycles. The Bertz CT molecular complexity index is 725. The molecule has 0 radical (unpaired) electrons. The predicted molar refractivity (Wildman–Crippen MR) is 88.1 cm³/mol. The van der Waals surface area contributed by atoms with E-state index >= 15 is 0 Å². The lowest BCUT2D eigenvalue weighted by Crippen LogP contribution is -2.44. The second kappa shape index (κ2) is 8.24. The number of methoxy groups -OCH3 is 1. The number of nitrogens with zero attached hydrogens (tertiary/aromatic N) is 1. The van der Waals surface area contributed by atoms with Gasteiger partial charge in [0.05, 0.1) is 29.1 Å². The Morgan fingerprint density at radius 1 is 1.40 bits per heavy atom. The van der Waals surface area contributed by atoms with Crippen molar-refractivity contribution in [3.8, 4) is 0 Å². The summed E-state index contributed by atoms with van der Waals surface area (Å²) in [6.07, 6.45) is -3.97. The molecule has 0 aliphatic rings. The molecule has 0 aliphatic carbocycles. The van der Waals surface area contributed by atoms with Crippen LogP contribution in [0.25, 0.3) is 0 Å². The Kier molecular flexibility index (Phi) is 7.09. The third kappa shape index (κ3) is 6.37. The molecule has 1 amide bonds. The van der Waals surface area contributed by atoms with Crippen LogP contribution in [-0.2, 0) is 25.7 Å². The molecular weight excluding hydrogens is 385 g/mol. The molecule has 1 aromatic rings. The van der Waals surface area contributed by atoms with Crippen molar-refractivity contribution in [2.45, 2.75) is 19.1 Å². The smallest absolute Gasteiger partial charge is 0.383 e. The Morgan fingerprint density at radius 3 is 2.48 bits per heavy atom. The number of benzene rings is 1. The van der Waals surface area contributed by atoms with Crippen molar-refractivity contribution in [1.29, 1.82) is 0 Å². The van der Waals surface area contributed by atoms with Gasteiger partial charge in [0.2, 0.25) is 15.9 Å². The highest BCUT2D eigenvalue weighted by atomic mass is 35.5. The highest BCUT2D eigenvalue weighted by molar-refractivity contribution is 7.92. The van der Waals surface area contributed by atoms with Gasteiger partial charge in [-0.05, 0) is 25.1 Å². The lowest BCUT2D eigenvalue weighted by atomic mass is 10.2. The first-order valence-corrected chi connectivity index (χ1v) is 9.21. The summed E-state index contributed by atoms with van der Waals surface area (Å²) in [4.78, 5) is 12.0. The molecule has 6 nitrogen and oxygen atoms in total. The molecule has 0 spiro atoms. The number of halogens is 4. The van der Waals surface area contributed by atoms with E-state index in [0.717, 1.165) is 18.4 Å². The number of ether oxygens (including phenoxy) is 1. The molecule has 0 bridgehead atoms. The molecule has 0 saturated heterocycles. The fourth-order valence-electron chi connectivity index (χ4n) is 2.03. The molecular formula is C14H18ClF3N2O4S. The Labute approximate surface area is 148 Å². The first-order chi connectivity index (χ1) is 11.4. The molecule has 1 aromatic carbocycles. The van der Waals surface area contributed by atoms with E-state index in [0.29, 0.717) is 10.4 Å². The SMILES string of the molecule is COC[C@H](C)NC(=O)CN(c1ccc(Cl)c(C(F)(F)F)c1)S(C)(=O)=O. The van der Waals surface area contributed by atoms with Crippen LogP contribution in [0.1, 0.15) is 12.5 Å². The van der Waals surface area contributed by atoms with E-state index in [2.05, 4.69) is 5.32 Å². The monoisotopic (exact) mass is 402 g/mol. The zero-order valence-electron chi connectivity index (χ0n) is 13.7. The summed E-state index contributed by atoms with van der Waals surface area (Å²) in [5.74, 6) is -0.682. The van der Waals surface area contributed by atoms with Gasteiger partial charge in [-0.15, -0.1) is 0 Å². The zero-order chi connectivity index (χ0) is 19.4. The van der Waals surface area contributed by atoms with Gasteiger partial charge >= 0.3 is 6.18 Å². The number of sulfonamides is 1. The van der Waals surface area contributed by atoms with Crippen molar-refractivity contribution < 1.29 is 31.1 Å². The lowest BCUT2D eigenvalue weighted by Gasteiger charge is -2.24. The normalized spacial score (nSPS) is 13.4. The van der Waals surface area contributed by atoms with Gasteiger partial charge in [-0.25, -0.2) is 8.42 Å². The number of rotatable bonds is 7. The summed E-state index contributed by atoms with van der Waals surface area (Å²) >= 11 is 5.53. The fourth-order valence-corrected chi connectivity index (χ4v) is 3.10. The number of carbonyl (C=O) groups excluding carboxylic acids is 1. The number of anilines is 1. The first kappa shape index (κ1) is 21.5. The average Bonchev–Trinajstić information content (AvgIpc) is 2.43. The number of amides is 1. The van der Waals surface area contributed by atoms with Crippen LogP contribution in [0.4, 0.5) is 18.9 Å². The minimum atomic E-state index is -4.76. The standard InChI is InChI=1S/C14H18ClF3N2O4S/c1-9(8-24-2)19-13(21)7-20(25(3,22)23)10-4-5-12(15)11(6-10)14(16,17)18/h4-6,9H,7-8H2,1-3H3,(H,19,21)/t9-/m0/s1. The van der Waals surface area contributed by atoms with Crippen molar-refractivity contribution >= 4 is 33.2 Å². The number of carbonyl (C=O) groups is 1. The topological polar surface area (TPSA) is 75.7 Å². The van der Waals surface area contributed by atoms with Crippen molar-refractivity contribution in [2.75, 3.05) is 30.8 Å². The van der Waals surface area contributed by atoms with Crippen LogP contribution in [0.15, 0.2) is 18.2 Å². The number of alkyl halides is 3. The predicted octanol–water partition coefficient (Wildman–Crippen LogP) is 2.28. The second-order valence-electron chi connectivity index (χ2n) is 5.36. The van der Waals surface area contributed by atoms with Crippen LogP contribution in [0.2, 0.25) is 5.02 Å². The number of hydrogen-bond acceptors (Lipinski definition) is 4. The van der Waals surface area contributed by atoms with Gasteiger partial charge in [0.15, 0.2) is 0 Å². The van der Waals surface area contributed by atoms with Gasteiger partial charge in [0.25, 0.3) is 0 Å². The van der Waals surface area contributed by atoms with E-state index in [1.807, 2.05) is 0 Å². The summed E-state index contributed by atoms with van der Waals surface area (Å²) in [5.41, 5.74) is -1.50. The van der Waals surface area contributed by atoms with Crippen LogP contribution in [-0.4, -0.2) is 46.9 Å². The third-order valence-corrected chi connectivity index (χ3v) is 4.53. The molecule has 0 fully saturated rings. The van der Waals surface area contributed by atoms with E-state index in [9.17, 15) is 26.4 Å². The van der Waals surface area contributed by atoms with Gasteiger partial charge in [-0.2, -0.15) is 13.2 Å². The Morgan fingerprint density at radius 2 is 2.00 bits per heavy atom. The van der Waals surface area contributed by atoms with Gasteiger partial charge in [0.1, 0.15) is 6.54 Å². The van der Waals surface area contributed by atoms with Crippen LogP contribution in [0.5, 0.6) is 0 Å². The minimum absolute atomic E-state index is 0.198. The maximum absolute atomic E-state index is 13.0. The molecule has 142 valence electrons. The summed E-state index contributed by atoms with van der Waals surface area (Å²) in [6, 6.07) is 2.23. The van der Waals surface area contributed by atoms with Crippen LogP contribution in [0.3, 0.4) is 0 Å². The van der Waals surface area contributed by atoms with Crippen LogP contribution >= 0.6 is 11.6 Å². The van der Waals surface area contributed by atoms with Crippen LogP contribution in [0, 0.1) is 0 Å². The highest BCUT2D eigenvalue weighted by Gasteiger charge is 2.34. The van der Waals surface area contributed by atoms with Crippen molar-refractivity contribution in [2.24, 2.45) is 0 Å². The molecule has 0 heterocycles. The maximum Gasteiger partial charge on any atom is 0.417 e. The first-order valence-electron chi connectivity index (χ1n) is 6.99. The molecule has 1 rings (SSSR count). The lowest BCUT2D eigenvalue weighted by molar-refractivity contribution is -0.137. The quantitative estimate of drug-likeness (QED) is 0.759. The molecule has 0 saturated carbocycles. The van der Waals surface area contributed by atoms with E-state index in [-0.39, 0.29) is 12.3 Å². The Balaban J connectivity index is 3.15. The molecule has 11 heteroatoms. The van der Waals surface area contributed by atoms with E-state index < -0.39 is 45.3 Å². The van der Waals surface area contributed by atoms with Crippen LogP contribution < -0.4 is 9.62 Å². The highest BCUT2D eigenvalue weighted by Crippen LogP contribution is 2.37. The minimum Gasteiger partial charge on any atom is -0.383 e. The second-order valence-corrected chi connectivity index (χ2v) is 7.67. The number of nitrogens with one attached hydrogen (secondary N) is 1. The summed E-state index contributed by atoms with van der Waals surface area (Å²) in [6.45, 7) is 1.16. The van der Waals surface area contributed by atoms with E-state index in [4.69, 9.17) is 16.3 Å². The molecule has 25 heavy (non-hydrogen) atoms. The average molecular weight is 403 g/mol. The molecule has 0 aliphatic heterocycles.